The molecule has 9 heteroatoms. The molecule has 0 aliphatic heterocycles. The van der Waals surface area contributed by atoms with E-state index in [-0.39, 0.29) is 38.6 Å². The van der Waals surface area contributed by atoms with E-state index < -0.39 is 24.3 Å². The van der Waals surface area contributed by atoms with E-state index in [0.717, 1.165) is 161 Å². The molecule has 0 spiro atoms. The van der Waals surface area contributed by atoms with Crippen molar-refractivity contribution in [3.05, 3.63) is 194 Å². The monoisotopic (exact) mass is 1370 g/mol. The quantitative estimate of drug-likeness (QED) is 0.0195. The molecule has 99 heavy (non-hydrogen) atoms. The van der Waals surface area contributed by atoms with E-state index in [2.05, 4.69) is 208 Å². The Morgan fingerprint density at radius 1 is 0.303 bits per heavy atom. The van der Waals surface area contributed by atoms with E-state index in [1.807, 2.05) is 21.1 Å². The van der Waals surface area contributed by atoms with Crippen molar-refractivity contribution in [2.24, 2.45) is 0 Å². The number of ether oxygens (including phenoxy) is 4. The van der Waals surface area contributed by atoms with Crippen LogP contribution in [0.2, 0.25) is 0 Å². The van der Waals surface area contributed by atoms with Gasteiger partial charge in [-0.25, -0.2) is 0 Å². The third kappa shape index (κ3) is 79.3. The summed E-state index contributed by atoms with van der Waals surface area (Å²) in [5.74, 6) is -2.31. The second-order valence-electron chi connectivity index (χ2n) is 26.9. The number of carbonyl (C=O) groups is 3. The van der Waals surface area contributed by atoms with Crippen LogP contribution in [0.3, 0.4) is 0 Å². The Labute approximate surface area is 608 Å². The van der Waals surface area contributed by atoms with Crippen LogP contribution in [0.4, 0.5) is 0 Å². The topological polar surface area (TPSA) is 111 Å². The molecule has 0 amide bonds. The van der Waals surface area contributed by atoms with Crippen molar-refractivity contribution in [1.29, 1.82) is 0 Å². The zero-order valence-electron chi connectivity index (χ0n) is 63.8. The highest BCUT2D eigenvalue weighted by atomic mass is 16.7. The van der Waals surface area contributed by atoms with Crippen LogP contribution in [0.1, 0.15) is 296 Å². The molecule has 0 N–H and O–H groups in total. The lowest BCUT2D eigenvalue weighted by molar-refractivity contribution is -0.870. The van der Waals surface area contributed by atoms with E-state index in [1.54, 1.807) is 0 Å². The summed E-state index contributed by atoms with van der Waals surface area (Å²) < 4.78 is 22.8. The highest BCUT2D eigenvalue weighted by Crippen LogP contribution is 2.17. The van der Waals surface area contributed by atoms with Gasteiger partial charge in [-0.1, -0.05) is 337 Å². The normalized spacial score (nSPS) is 13.7. The van der Waals surface area contributed by atoms with Crippen LogP contribution in [-0.4, -0.2) is 82.3 Å². The van der Waals surface area contributed by atoms with Gasteiger partial charge < -0.3 is 33.3 Å². The molecule has 0 heterocycles. The maximum absolute atomic E-state index is 13.0. The van der Waals surface area contributed by atoms with E-state index >= 15 is 0 Å². The fraction of sp³-hybridized carbons (Fsp3) is 0.611. The highest BCUT2D eigenvalue weighted by Gasteiger charge is 2.22. The zero-order valence-corrected chi connectivity index (χ0v) is 63.8. The Balaban J connectivity index is 4.13. The van der Waals surface area contributed by atoms with Crippen molar-refractivity contribution in [1.82, 2.24) is 0 Å². The number of carboxylic acid groups (broad SMARTS) is 1. The molecule has 0 bridgehead atoms. The van der Waals surface area contributed by atoms with E-state index in [0.29, 0.717) is 17.4 Å². The smallest absolute Gasteiger partial charge is 0.306 e. The van der Waals surface area contributed by atoms with Gasteiger partial charge >= 0.3 is 11.9 Å². The van der Waals surface area contributed by atoms with Crippen LogP contribution >= 0.6 is 0 Å². The van der Waals surface area contributed by atoms with Gasteiger partial charge in [0.2, 0.25) is 0 Å². The minimum absolute atomic E-state index is 0.136. The standard InChI is InChI=1S/C90H145NO8/c1-6-8-10-12-14-16-18-20-22-24-26-28-30-32-34-36-38-40-42-44-46-48-50-52-54-56-58-60-62-64-66-68-70-72-74-76-78-80-87(92)97-84-86(85-98-90(89(94)95)96-83-82-91(3,4)5)99-88(93)81-79-77-75-73-71-69-67-65-63-61-59-57-55-53-51-49-47-45-43-41-39-37-35-33-31-29-27-25-23-21-19-17-15-13-11-9-7-2/h8-11,14-17,20-23,26-29,32-35,38-41,45,47,51,53,57,59,63,65,86,90H,6-7,12-13,18-19,24-25,30-31,36-37,42-44,46,48-50,52,54-56,58,60-62,64,66-85H2,1-5H3/b10-8-,11-9-,16-14-,17-15-,22-20-,23-21-,28-26-,29-27-,34-32-,35-33-,40-38-,41-39-,47-45-,53-51-,59-57-,65-63-. The summed E-state index contributed by atoms with van der Waals surface area (Å²) in [5, 5.41) is 11.9. The average Bonchev–Trinajstić information content (AvgIpc) is 2.19. The van der Waals surface area contributed by atoms with Crippen molar-refractivity contribution in [2.45, 2.75) is 309 Å². The molecule has 0 aromatic carbocycles. The number of carboxylic acids is 1. The number of likely N-dealkylation sites (N-methyl/N-ethyl adjacent to an activating group) is 1. The van der Waals surface area contributed by atoms with Crippen LogP contribution in [0.25, 0.3) is 0 Å². The van der Waals surface area contributed by atoms with Crippen LogP contribution in [-0.2, 0) is 33.3 Å². The lowest BCUT2D eigenvalue weighted by Crippen LogP contribution is -2.44. The summed E-state index contributed by atoms with van der Waals surface area (Å²) in [4.78, 5) is 37.6. The Hall–Kier alpha value is -5.87. The Morgan fingerprint density at radius 3 is 0.808 bits per heavy atom. The van der Waals surface area contributed by atoms with Gasteiger partial charge in [0.05, 0.1) is 40.3 Å². The lowest BCUT2D eigenvalue weighted by Gasteiger charge is -2.26. The predicted molar refractivity (Wildman–Crippen MR) is 425 cm³/mol. The number of hydrogen-bond acceptors (Lipinski definition) is 8. The lowest BCUT2D eigenvalue weighted by atomic mass is 10.0. The summed E-state index contributed by atoms with van der Waals surface area (Å²) in [6, 6.07) is 0. The van der Waals surface area contributed by atoms with E-state index in [9.17, 15) is 19.5 Å². The number of nitrogens with zero attached hydrogens (tertiary/aromatic N) is 1. The molecule has 0 radical (unpaired) electrons. The van der Waals surface area contributed by atoms with Gasteiger partial charge in [-0.2, -0.15) is 0 Å². The number of aliphatic carboxylic acids is 1. The Morgan fingerprint density at radius 2 is 0.545 bits per heavy atom. The second-order valence-corrected chi connectivity index (χ2v) is 26.9. The molecular formula is C90H145NO8. The molecule has 2 unspecified atom stereocenters. The third-order valence-corrected chi connectivity index (χ3v) is 16.3. The third-order valence-electron chi connectivity index (χ3n) is 16.3. The zero-order chi connectivity index (χ0) is 71.8. The van der Waals surface area contributed by atoms with Gasteiger partial charge in [0.1, 0.15) is 13.2 Å². The van der Waals surface area contributed by atoms with Crippen molar-refractivity contribution < 1.29 is 42.9 Å². The molecule has 0 rings (SSSR count). The Kier molecular flexibility index (Phi) is 73.2. The number of quaternary nitrogens is 1. The van der Waals surface area contributed by atoms with Crippen molar-refractivity contribution in [3.8, 4) is 0 Å². The molecule has 558 valence electrons. The fourth-order valence-electron chi connectivity index (χ4n) is 10.4. The molecule has 0 saturated carbocycles. The van der Waals surface area contributed by atoms with Crippen molar-refractivity contribution in [2.75, 3.05) is 47.5 Å². The number of allylic oxidation sites excluding steroid dienone is 32. The summed E-state index contributed by atoms with van der Waals surface area (Å²) in [6.45, 7) is 4.50. The molecule has 0 aromatic heterocycles. The van der Waals surface area contributed by atoms with E-state index in [1.165, 1.54) is 103 Å². The van der Waals surface area contributed by atoms with Crippen LogP contribution < -0.4 is 5.11 Å². The molecular weight excluding hydrogens is 1220 g/mol. The first-order valence-corrected chi connectivity index (χ1v) is 39.6. The average molecular weight is 1370 g/mol. The van der Waals surface area contributed by atoms with E-state index in [4.69, 9.17) is 18.9 Å². The SMILES string of the molecule is CC/C=C\C/C=C\C/C=C\C/C=C\C/C=C\C/C=C\C/C=C\C/C=C\C/C=C\C/C=C\CCCCCCCCC(=O)OC(COC(=O)CCCCCCCCCCCCCCCCCCCC/C=C\C/C=C\C/C=C\C/C=C\C/C=C\C/C=C\CC)COC(OCC[N+](C)(C)C)C(=O)[O-]. The molecule has 2 atom stereocenters. The molecule has 0 aliphatic rings. The maximum Gasteiger partial charge on any atom is 0.306 e. The number of rotatable bonds is 71. The first-order valence-electron chi connectivity index (χ1n) is 39.6. The van der Waals surface area contributed by atoms with Crippen molar-refractivity contribution >= 4 is 17.9 Å². The molecule has 0 saturated heterocycles. The largest absolute Gasteiger partial charge is 0.545 e. The molecule has 9 nitrogen and oxygen atoms in total. The Bertz CT molecular complexity index is 2340. The van der Waals surface area contributed by atoms with Gasteiger partial charge in [-0.05, 0) is 141 Å². The fourth-order valence-corrected chi connectivity index (χ4v) is 10.4. The van der Waals surface area contributed by atoms with Crippen molar-refractivity contribution in [3.63, 3.8) is 0 Å². The summed E-state index contributed by atoms with van der Waals surface area (Å²) in [5.41, 5.74) is 0. The summed E-state index contributed by atoms with van der Waals surface area (Å²) in [7, 11) is 5.92. The number of hydrogen-bond donors (Lipinski definition) is 0. The first-order chi connectivity index (χ1) is 48.6. The molecule has 0 fully saturated rings. The second kappa shape index (κ2) is 77.9. The van der Waals surface area contributed by atoms with Crippen LogP contribution in [0.15, 0.2) is 194 Å². The van der Waals surface area contributed by atoms with Crippen LogP contribution in [0, 0.1) is 0 Å². The number of carbonyl (C=O) groups excluding carboxylic acids is 3. The minimum Gasteiger partial charge on any atom is -0.545 e. The molecule has 0 aliphatic carbocycles. The number of esters is 2. The van der Waals surface area contributed by atoms with Gasteiger partial charge in [-0.3, -0.25) is 9.59 Å². The van der Waals surface area contributed by atoms with Gasteiger partial charge in [0, 0.05) is 12.8 Å². The summed E-state index contributed by atoms with van der Waals surface area (Å²) in [6.07, 6.45) is 117. The summed E-state index contributed by atoms with van der Waals surface area (Å²) >= 11 is 0. The number of unbranched alkanes of at least 4 members (excludes halogenated alkanes) is 24. The van der Waals surface area contributed by atoms with Gasteiger partial charge in [-0.15, -0.1) is 0 Å². The predicted octanol–water partition coefficient (Wildman–Crippen LogP) is 24.4. The van der Waals surface area contributed by atoms with Gasteiger partial charge in [0.25, 0.3) is 0 Å². The first kappa shape index (κ1) is 93.1. The van der Waals surface area contributed by atoms with Gasteiger partial charge in [0.15, 0.2) is 12.4 Å². The molecule has 0 aromatic rings. The van der Waals surface area contributed by atoms with Crippen LogP contribution in [0.5, 0.6) is 0 Å². The highest BCUT2D eigenvalue weighted by molar-refractivity contribution is 5.70. The maximum atomic E-state index is 13.0. The minimum atomic E-state index is -1.64.